The number of ether oxygens (including phenoxy) is 1. The molecule has 7 nitrogen and oxygen atoms in total. The molecule has 0 saturated carbocycles. The number of carbonyl (C=O) groups is 1. The number of rotatable bonds is 7. The fourth-order valence-corrected chi connectivity index (χ4v) is 2.19. The van der Waals surface area contributed by atoms with E-state index in [0.29, 0.717) is 31.4 Å². The summed E-state index contributed by atoms with van der Waals surface area (Å²) in [6, 6.07) is 1.09. The van der Waals surface area contributed by atoms with Crippen molar-refractivity contribution in [1.29, 1.82) is 0 Å². The zero-order valence-corrected chi connectivity index (χ0v) is 12.3. The van der Waals surface area contributed by atoms with Crippen LogP contribution in [0.1, 0.15) is 26.2 Å². The van der Waals surface area contributed by atoms with Crippen LogP contribution in [0.15, 0.2) is 12.3 Å². The molecule has 2 N–H and O–H groups in total. The highest BCUT2D eigenvalue weighted by Gasteiger charge is 2.18. The summed E-state index contributed by atoms with van der Waals surface area (Å²) in [5.41, 5.74) is 0. The Morgan fingerprint density at radius 1 is 1.52 bits per heavy atom. The van der Waals surface area contributed by atoms with E-state index in [2.05, 4.69) is 15.3 Å². The zero-order valence-electron chi connectivity index (χ0n) is 12.3. The fourth-order valence-electron chi connectivity index (χ4n) is 2.19. The number of aromatic nitrogens is 2. The second-order valence-electron chi connectivity index (χ2n) is 5.02. The summed E-state index contributed by atoms with van der Waals surface area (Å²) in [6.45, 7) is 4.87. The third-order valence-corrected chi connectivity index (χ3v) is 3.40. The first kappa shape index (κ1) is 15.5. The molecule has 21 heavy (non-hydrogen) atoms. The molecular weight excluding hydrogens is 272 g/mol. The van der Waals surface area contributed by atoms with Gasteiger partial charge in [0.15, 0.2) is 0 Å². The Bertz CT molecular complexity index is 463. The minimum Gasteiger partial charge on any atom is -0.480 e. The van der Waals surface area contributed by atoms with Crippen LogP contribution >= 0.6 is 0 Å². The number of anilines is 2. The van der Waals surface area contributed by atoms with Gasteiger partial charge in [-0.25, -0.2) is 9.78 Å². The molecule has 116 valence electrons. The number of hydrogen-bond acceptors (Lipinski definition) is 6. The first-order valence-electron chi connectivity index (χ1n) is 7.35. The lowest BCUT2D eigenvalue weighted by Gasteiger charge is -2.27. The van der Waals surface area contributed by atoms with Crippen molar-refractivity contribution >= 4 is 17.7 Å². The van der Waals surface area contributed by atoms with Crippen molar-refractivity contribution in [3.05, 3.63) is 12.3 Å². The van der Waals surface area contributed by atoms with Crippen LogP contribution in [-0.2, 0) is 9.53 Å². The van der Waals surface area contributed by atoms with Gasteiger partial charge in [0.1, 0.15) is 11.9 Å². The molecule has 0 unspecified atom stereocenters. The Kier molecular flexibility index (Phi) is 5.74. The van der Waals surface area contributed by atoms with E-state index in [9.17, 15) is 9.90 Å². The van der Waals surface area contributed by atoms with Gasteiger partial charge in [0.05, 0.1) is 13.2 Å². The lowest BCUT2D eigenvalue weighted by Crippen LogP contribution is -2.37. The number of aliphatic carboxylic acids is 1. The Morgan fingerprint density at radius 2 is 2.29 bits per heavy atom. The Balaban J connectivity index is 2.03. The SMILES string of the molecule is CCCC[C@H](Nc1ccnc(N2CCOCC2)n1)C(=O)O. The molecule has 0 amide bonds. The Labute approximate surface area is 124 Å². The van der Waals surface area contributed by atoms with Gasteiger partial charge in [0.25, 0.3) is 0 Å². The van der Waals surface area contributed by atoms with Gasteiger partial charge >= 0.3 is 5.97 Å². The van der Waals surface area contributed by atoms with Crippen LogP contribution in [0.4, 0.5) is 11.8 Å². The number of morpholine rings is 1. The highest BCUT2D eigenvalue weighted by molar-refractivity contribution is 5.76. The number of hydrogen-bond donors (Lipinski definition) is 2. The van der Waals surface area contributed by atoms with E-state index in [1.54, 1.807) is 12.3 Å². The van der Waals surface area contributed by atoms with Crippen molar-refractivity contribution < 1.29 is 14.6 Å². The summed E-state index contributed by atoms with van der Waals surface area (Å²) >= 11 is 0. The van der Waals surface area contributed by atoms with Crippen molar-refractivity contribution in [3.63, 3.8) is 0 Å². The van der Waals surface area contributed by atoms with E-state index in [0.717, 1.165) is 25.9 Å². The van der Waals surface area contributed by atoms with Gasteiger partial charge in [-0.1, -0.05) is 19.8 Å². The monoisotopic (exact) mass is 294 g/mol. The van der Waals surface area contributed by atoms with Crippen LogP contribution in [0.2, 0.25) is 0 Å². The number of nitrogens with zero attached hydrogens (tertiary/aromatic N) is 3. The van der Waals surface area contributed by atoms with Crippen LogP contribution in [0.5, 0.6) is 0 Å². The normalized spacial score (nSPS) is 16.5. The standard InChI is InChI=1S/C14H22N4O3/c1-2-3-4-11(13(19)20)16-12-5-6-15-14(17-12)18-7-9-21-10-8-18/h5-6,11H,2-4,7-10H2,1H3,(H,19,20)(H,15,16,17)/t11-/m0/s1. The number of nitrogens with one attached hydrogen (secondary N) is 1. The van der Waals surface area contributed by atoms with Crippen LogP contribution in [0.3, 0.4) is 0 Å². The molecule has 1 aliphatic rings. The van der Waals surface area contributed by atoms with Crippen LogP contribution in [0.25, 0.3) is 0 Å². The molecule has 1 aromatic heterocycles. The topological polar surface area (TPSA) is 87.6 Å². The summed E-state index contributed by atoms with van der Waals surface area (Å²) in [5, 5.41) is 12.2. The molecule has 0 radical (unpaired) electrons. The second-order valence-corrected chi connectivity index (χ2v) is 5.02. The molecule has 0 aliphatic carbocycles. The van der Waals surface area contributed by atoms with Crippen molar-refractivity contribution in [1.82, 2.24) is 9.97 Å². The predicted molar refractivity (Wildman–Crippen MR) is 79.6 cm³/mol. The average molecular weight is 294 g/mol. The molecule has 2 heterocycles. The van der Waals surface area contributed by atoms with Crippen LogP contribution < -0.4 is 10.2 Å². The maximum atomic E-state index is 11.3. The molecule has 1 fully saturated rings. The van der Waals surface area contributed by atoms with Gasteiger partial charge in [-0.2, -0.15) is 4.98 Å². The molecular formula is C14H22N4O3. The van der Waals surface area contributed by atoms with Gasteiger partial charge in [-0.05, 0) is 12.5 Å². The molecule has 1 aromatic rings. The van der Waals surface area contributed by atoms with Crippen molar-refractivity contribution in [2.24, 2.45) is 0 Å². The minimum absolute atomic E-state index is 0.551. The van der Waals surface area contributed by atoms with E-state index < -0.39 is 12.0 Å². The molecule has 1 aliphatic heterocycles. The van der Waals surface area contributed by atoms with Gasteiger partial charge in [0, 0.05) is 19.3 Å². The average Bonchev–Trinajstić information content (AvgIpc) is 2.52. The largest absolute Gasteiger partial charge is 0.480 e. The van der Waals surface area contributed by atoms with Gasteiger partial charge in [-0.3, -0.25) is 0 Å². The second kappa shape index (κ2) is 7.78. The molecule has 0 spiro atoms. The maximum absolute atomic E-state index is 11.3. The smallest absolute Gasteiger partial charge is 0.326 e. The maximum Gasteiger partial charge on any atom is 0.326 e. The van der Waals surface area contributed by atoms with Crippen LogP contribution in [-0.4, -0.2) is 53.4 Å². The Hall–Kier alpha value is -1.89. The van der Waals surface area contributed by atoms with Gasteiger partial charge < -0.3 is 20.1 Å². The highest BCUT2D eigenvalue weighted by Crippen LogP contribution is 2.14. The summed E-state index contributed by atoms with van der Waals surface area (Å²) in [4.78, 5) is 22.0. The minimum atomic E-state index is -0.852. The lowest BCUT2D eigenvalue weighted by molar-refractivity contribution is -0.138. The molecule has 1 saturated heterocycles. The summed E-state index contributed by atoms with van der Waals surface area (Å²) < 4.78 is 5.30. The molecule has 0 aromatic carbocycles. The predicted octanol–water partition coefficient (Wildman–Crippen LogP) is 1.37. The Morgan fingerprint density at radius 3 is 2.95 bits per heavy atom. The first-order valence-corrected chi connectivity index (χ1v) is 7.35. The van der Waals surface area contributed by atoms with Crippen molar-refractivity contribution in [2.45, 2.75) is 32.2 Å². The third-order valence-electron chi connectivity index (χ3n) is 3.40. The van der Waals surface area contributed by atoms with E-state index >= 15 is 0 Å². The fraction of sp³-hybridized carbons (Fsp3) is 0.643. The van der Waals surface area contributed by atoms with E-state index in [1.807, 2.05) is 11.8 Å². The van der Waals surface area contributed by atoms with Crippen LogP contribution in [0, 0.1) is 0 Å². The zero-order chi connectivity index (χ0) is 15.1. The van der Waals surface area contributed by atoms with E-state index in [4.69, 9.17) is 4.74 Å². The highest BCUT2D eigenvalue weighted by atomic mass is 16.5. The van der Waals surface area contributed by atoms with E-state index in [-0.39, 0.29) is 0 Å². The van der Waals surface area contributed by atoms with Crippen molar-refractivity contribution in [3.8, 4) is 0 Å². The summed E-state index contributed by atoms with van der Waals surface area (Å²) in [5.74, 6) is 0.313. The molecule has 2 rings (SSSR count). The summed E-state index contributed by atoms with van der Waals surface area (Å²) in [7, 11) is 0. The molecule has 7 heteroatoms. The summed E-state index contributed by atoms with van der Waals surface area (Å²) in [6.07, 6.45) is 4.07. The number of carboxylic acid groups (broad SMARTS) is 1. The quantitative estimate of drug-likeness (QED) is 0.785. The van der Waals surface area contributed by atoms with Crippen molar-refractivity contribution in [2.75, 3.05) is 36.5 Å². The molecule has 1 atom stereocenters. The number of carboxylic acids is 1. The van der Waals surface area contributed by atoms with Gasteiger partial charge in [-0.15, -0.1) is 0 Å². The van der Waals surface area contributed by atoms with Gasteiger partial charge in [0.2, 0.25) is 5.95 Å². The number of unbranched alkanes of at least 4 members (excludes halogenated alkanes) is 1. The third kappa shape index (κ3) is 4.56. The first-order chi connectivity index (χ1) is 10.2. The lowest BCUT2D eigenvalue weighted by atomic mass is 10.1. The van der Waals surface area contributed by atoms with E-state index in [1.165, 1.54) is 0 Å². The molecule has 0 bridgehead atoms.